The van der Waals surface area contributed by atoms with Crippen molar-refractivity contribution in [2.75, 3.05) is 7.11 Å². The van der Waals surface area contributed by atoms with Crippen molar-refractivity contribution in [1.29, 1.82) is 0 Å². The van der Waals surface area contributed by atoms with Crippen LogP contribution >= 0.6 is 0 Å². The molecule has 0 spiro atoms. The van der Waals surface area contributed by atoms with E-state index >= 15 is 0 Å². The van der Waals surface area contributed by atoms with Gasteiger partial charge in [-0.2, -0.15) is 0 Å². The summed E-state index contributed by atoms with van der Waals surface area (Å²) in [5.41, 5.74) is 1.88. The molecule has 1 aromatic carbocycles. The molecule has 1 aliphatic rings. The van der Waals surface area contributed by atoms with Crippen molar-refractivity contribution in [3.63, 3.8) is 0 Å². The zero-order chi connectivity index (χ0) is 14.7. The van der Waals surface area contributed by atoms with Gasteiger partial charge in [0, 0.05) is 11.5 Å². The van der Waals surface area contributed by atoms with Gasteiger partial charge in [-0.1, -0.05) is 38.1 Å². The van der Waals surface area contributed by atoms with E-state index in [4.69, 9.17) is 4.74 Å². The van der Waals surface area contributed by atoms with Crippen molar-refractivity contribution >= 4 is 11.8 Å². The highest BCUT2D eigenvalue weighted by atomic mass is 16.5. The summed E-state index contributed by atoms with van der Waals surface area (Å²) in [4.78, 5) is 24.7. The Balaban J connectivity index is 2.27. The largest absolute Gasteiger partial charge is 0.469 e. The Kier molecular flexibility index (Phi) is 4.58. The highest BCUT2D eigenvalue weighted by molar-refractivity contribution is 6.02. The number of carbonyl (C=O) groups excluding carboxylic acids is 2. The fourth-order valence-electron chi connectivity index (χ4n) is 3.09. The van der Waals surface area contributed by atoms with Gasteiger partial charge < -0.3 is 4.74 Å². The lowest BCUT2D eigenvalue weighted by atomic mass is 9.73. The van der Waals surface area contributed by atoms with Gasteiger partial charge in [0.15, 0.2) is 5.78 Å². The molecule has 20 heavy (non-hydrogen) atoms. The molecule has 2 rings (SSSR count). The van der Waals surface area contributed by atoms with E-state index in [1.807, 2.05) is 24.3 Å². The summed E-state index contributed by atoms with van der Waals surface area (Å²) in [6.45, 7) is 4.13. The molecule has 0 bridgehead atoms. The molecule has 0 aromatic heterocycles. The molecule has 2 unspecified atom stereocenters. The van der Waals surface area contributed by atoms with Gasteiger partial charge in [-0.3, -0.25) is 9.59 Å². The second-order valence-electron chi connectivity index (χ2n) is 5.93. The number of ether oxygens (including phenoxy) is 1. The van der Waals surface area contributed by atoms with Gasteiger partial charge in [0.25, 0.3) is 0 Å². The van der Waals surface area contributed by atoms with Gasteiger partial charge >= 0.3 is 5.97 Å². The fourth-order valence-corrected chi connectivity index (χ4v) is 3.09. The number of rotatable bonds is 4. The molecule has 0 N–H and O–H groups in total. The molecule has 3 nitrogen and oxygen atoms in total. The number of fused-ring (bicyclic) bond motifs is 1. The number of hydrogen-bond donors (Lipinski definition) is 0. The van der Waals surface area contributed by atoms with Crippen LogP contribution in [0, 0.1) is 17.8 Å². The lowest BCUT2D eigenvalue weighted by Gasteiger charge is -2.29. The summed E-state index contributed by atoms with van der Waals surface area (Å²) in [5, 5.41) is 0. The van der Waals surface area contributed by atoms with Crippen LogP contribution < -0.4 is 0 Å². The predicted octanol–water partition coefficient (Wildman–Crippen LogP) is 3.27. The molecule has 0 fully saturated rings. The number of hydrogen-bond acceptors (Lipinski definition) is 3. The minimum atomic E-state index is -0.319. The van der Waals surface area contributed by atoms with E-state index in [0.29, 0.717) is 12.3 Å². The molecule has 3 heteroatoms. The summed E-state index contributed by atoms with van der Waals surface area (Å²) in [6.07, 6.45) is 2.30. The maximum Gasteiger partial charge on any atom is 0.309 e. The Morgan fingerprint density at radius 2 is 2.05 bits per heavy atom. The number of aryl methyl sites for hydroxylation is 1. The van der Waals surface area contributed by atoms with E-state index in [9.17, 15) is 9.59 Å². The first-order valence-electron chi connectivity index (χ1n) is 7.24. The van der Waals surface area contributed by atoms with Gasteiger partial charge in [0.05, 0.1) is 13.0 Å². The molecule has 0 saturated heterocycles. The fraction of sp³-hybridized carbons (Fsp3) is 0.529. The maximum atomic E-state index is 12.7. The average Bonchev–Trinajstić information content (AvgIpc) is 2.45. The number of esters is 1. The molecule has 0 aliphatic heterocycles. The van der Waals surface area contributed by atoms with Crippen LogP contribution in [0.4, 0.5) is 0 Å². The van der Waals surface area contributed by atoms with E-state index in [2.05, 4.69) is 13.8 Å². The Hall–Kier alpha value is -1.64. The van der Waals surface area contributed by atoms with Crippen LogP contribution in [0.3, 0.4) is 0 Å². The van der Waals surface area contributed by atoms with Crippen molar-refractivity contribution in [1.82, 2.24) is 0 Å². The van der Waals surface area contributed by atoms with Crippen LogP contribution in [-0.4, -0.2) is 18.9 Å². The van der Waals surface area contributed by atoms with E-state index < -0.39 is 0 Å². The molecule has 1 aromatic rings. The third-order valence-electron chi connectivity index (χ3n) is 4.06. The zero-order valence-corrected chi connectivity index (χ0v) is 12.4. The molecule has 0 heterocycles. The number of Topliss-reactive ketones (excluding diaryl/α,β-unsaturated/α-hetero) is 1. The van der Waals surface area contributed by atoms with Crippen molar-refractivity contribution in [2.24, 2.45) is 17.8 Å². The van der Waals surface area contributed by atoms with Crippen molar-refractivity contribution in [3.8, 4) is 0 Å². The maximum absolute atomic E-state index is 12.7. The standard InChI is InChI=1S/C17H22O3/c1-11(2)10-15(17(19)20-3)14-9-8-12-6-4-5-7-13(12)16(14)18/h4-7,11,14-15H,8-10H2,1-3H3. The third-order valence-corrected chi connectivity index (χ3v) is 4.06. The molecular formula is C17H22O3. The van der Waals surface area contributed by atoms with Gasteiger partial charge in [-0.05, 0) is 30.7 Å². The molecule has 0 saturated carbocycles. The smallest absolute Gasteiger partial charge is 0.309 e. The van der Waals surface area contributed by atoms with Crippen LogP contribution in [0.25, 0.3) is 0 Å². The molecule has 108 valence electrons. The van der Waals surface area contributed by atoms with Crippen molar-refractivity contribution in [2.45, 2.75) is 33.1 Å². The van der Waals surface area contributed by atoms with Crippen LogP contribution in [0.15, 0.2) is 24.3 Å². The molecule has 1 aliphatic carbocycles. The van der Waals surface area contributed by atoms with Gasteiger partial charge in [-0.15, -0.1) is 0 Å². The molecule has 0 amide bonds. The lowest BCUT2D eigenvalue weighted by molar-refractivity contribution is -0.147. The summed E-state index contributed by atoms with van der Waals surface area (Å²) < 4.78 is 4.91. The number of ketones is 1. The highest BCUT2D eigenvalue weighted by Crippen LogP contribution is 2.34. The Morgan fingerprint density at radius 3 is 2.70 bits per heavy atom. The minimum absolute atomic E-state index is 0.0999. The number of benzene rings is 1. The topological polar surface area (TPSA) is 43.4 Å². The van der Waals surface area contributed by atoms with E-state index in [1.165, 1.54) is 7.11 Å². The Labute approximate surface area is 120 Å². The van der Waals surface area contributed by atoms with Crippen LogP contribution in [0.5, 0.6) is 0 Å². The normalized spacial score (nSPS) is 19.6. The monoisotopic (exact) mass is 274 g/mol. The van der Waals surface area contributed by atoms with Gasteiger partial charge in [0.1, 0.15) is 0 Å². The van der Waals surface area contributed by atoms with E-state index in [0.717, 1.165) is 24.0 Å². The first kappa shape index (κ1) is 14.8. The van der Waals surface area contributed by atoms with Crippen LogP contribution in [-0.2, 0) is 16.0 Å². The molecular weight excluding hydrogens is 252 g/mol. The lowest BCUT2D eigenvalue weighted by Crippen LogP contribution is -2.35. The van der Waals surface area contributed by atoms with Crippen LogP contribution in [0.2, 0.25) is 0 Å². The first-order chi connectivity index (χ1) is 9.54. The molecule has 2 atom stereocenters. The summed E-state index contributed by atoms with van der Waals surface area (Å²) >= 11 is 0. The van der Waals surface area contributed by atoms with Crippen molar-refractivity contribution in [3.05, 3.63) is 35.4 Å². The average molecular weight is 274 g/mol. The minimum Gasteiger partial charge on any atom is -0.469 e. The van der Waals surface area contributed by atoms with E-state index in [1.54, 1.807) is 0 Å². The second kappa shape index (κ2) is 6.21. The SMILES string of the molecule is COC(=O)C(CC(C)C)C1CCc2ccccc2C1=O. The Morgan fingerprint density at radius 1 is 1.35 bits per heavy atom. The first-order valence-corrected chi connectivity index (χ1v) is 7.24. The van der Waals surface area contributed by atoms with Gasteiger partial charge in [-0.25, -0.2) is 0 Å². The quantitative estimate of drug-likeness (QED) is 0.791. The van der Waals surface area contributed by atoms with Gasteiger partial charge in [0.2, 0.25) is 0 Å². The zero-order valence-electron chi connectivity index (χ0n) is 12.4. The van der Waals surface area contributed by atoms with Crippen molar-refractivity contribution < 1.29 is 14.3 Å². The summed E-state index contributed by atoms with van der Waals surface area (Å²) in [5.74, 6) is -0.344. The summed E-state index contributed by atoms with van der Waals surface area (Å²) in [7, 11) is 1.40. The number of carbonyl (C=O) groups is 2. The molecule has 0 radical (unpaired) electrons. The predicted molar refractivity (Wildman–Crippen MR) is 77.5 cm³/mol. The van der Waals surface area contributed by atoms with Crippen LogP contribution in [0.1, 0.15) is 42.6 Å². The third kappa shape index (κ3) is 2.92. The highest BCUT2D eigenvalue weighted by Gasteiger charge is 2.37. The second-order valence-corrected chi connectivity index (χ2v) is 5.93. The van der Waals surface area contributed by atoms with E-state index in [-0.39, 0.29) is 23.6 Å². The summed E-state index contributed by atoms with van der Waals surface area (Å²) in [6, 6.07) is 7.71. The number of methoxy groups -OCH3 is 1. The Bertz CT molecular complexity index is 505.